The van der Waals surface area contributed by atoms with Crippen molar-refractivity contribution in [2.45, 2.75) is 50.6 Å². The molecule has 0 atom stereocenters. The zero-order chi connectivity index (χ0) is 13.0. The predicted molar refractivity (Wildman–Crippen MR) is 74.0 cm³/mol. The molecule has 4 saturated carbocycles. The molecular weight excluding hydrogens is 238 g/mol. The van der Waals surface area contributed by atoms with Gasteiger partial charge in [-0.25, -0.2) is 4.68 Å². The maximum Gasteiger partial charge on any atom is 0.271 e. The molecule has 0 aromatic carbocycles. The lowest BCUT2D eigenvalue weighted by Crippen LogP contribution is -2.54. The van der Waals surface area contributed by atoms with Gasteiger partial charge < -0.3 is 10.4 Å². The van der Waals surface area contributed by atoms with Crippen molar-refractivity contribution in [3.63, 3.8) is 0 Å². The van der Waals surface area contributed by atoms with Crippen LogP contribution in [0, 0.1) is 17.8 Å². The third kappa shape index (κ3) is 1.65. The molecule has 4 fully saturated rings. The molecule has 4 aliphatic carbocycles. The van der Waals surface area contributed by atoms with Crippen LogP contribution in [0.25, 0.3) is 0 Å². The van der Waals surface area contributed by atoms with Crippen molar-refractivity contribution >= 4 is 0 Å². The second kappa shape index (κ2) is 3.98. The van der Waals surface area contributed by atoms with Crippen LogP contribution in [0.2, 0.25) is 0 Å². The molecule has 1 aromatic heterocycles. The van der Waals surface area contributed by atoms with Crippen LogP contribution in [0.3, 0.4) is 0 Å². The first-order valence-electron chi connectivity index (χ1n) is 7.64. The summed E-state index contributed by atoms with van der Waals surface area (Å²) in [5, 5.41) is 6.36. The highest BCUT2D eigenvalue weighted by atomic mass is 16.1. The van der Waals surface area contributed by atoms with E-state index in [9.17, 15) is 4.79 Å². The molecule has 1 aromatic rings. The van der Waals surface area contributed by atoms with Gasteiger partial charge in [0, 0.05) is 12.7 Å². The molecule has 104 valence electrons. The average Bonchev–Trinajstić information content (AvgIpc) is 2.70. The topological polar surface area (TPSA) is 49.8 Å². The summed E-state index contributed by atoms with van der Waals surface area (Å²) in [6, 6.07) is 0. The van der Waals surface area contributed by atoms with E-state index in [-0.39, 0.29) is 11.1 Å². The van der Waals surface area contributed by atoms with Gasteiger partial charge in [0.05, 0.1) is 11.1 Å². The standard InChI is InChI=1S/C15H23N3O/c1-16-8-13-9-17-18(14(13)19)15-5-10-2-11(6-15)4-12(3-10)7-15/h9-12,16-17H,2-8H2,1H3. The number of rotatable bonds is 3. The van der Waals surface area contributed by atoms with Crippen LogP contribution in [0.1, 0.15) is 44.1 Å². The summed E-state index contributed by atoms with van der Waals surface area (Å²) in [6.45, 7) is 0.661. The SMILES string of the molecule is CNCc1c[nH]n(C23CC4CC(CC(C4)C2)C3)c1=O. The summed E-state index contributed by atoms with van der Waals surface area (Å²) in [6.07, 6.45) is 9.81. The molecule has 1 heterocycles. The first-order chi connectivity index (χ1) is 9.20. The lowest BCUT2D eigenvalue weighted by atomic mass is 9.53. The van der Waals surface area contributed by atoms with Gasteiger partial charge in [-0.3, -0.25) is 4.79 Å². The van der Waals surface area contributed by atoms with Crippen molar-refractivity contribution in [3.8, 4) is 0 Å². The first-order valence-corrected chi connectivity index (χ1v) is 7.64. The summed E-state index contributed by atoms with van der Waals surface area (Å²) in [5.74, 6) is 2.61. The molecule has 4 nitrogen and oxygen atoms in total. The Morgan fingerprint density at radius 3 is 2.37 bits per heavy atom. The van der Waals surface area contributed by atoms with Crippen LogP contribution in [0.15, 0.2) is 11.0 Å². The Morgan fingerprint density at radius 2 is 1.84 bits per heavy atom. The number of nitrogens with zero attached hydrogens (tertiary/aromatic N) is 1. The van der Waals surface area contributed by atoms with Crippen LogP contribution in [-0.2, 0) is 12.1 Å². The molecule has 4 bridgehead atoms. The zero-order valence-corrected chi connectivity index (χ0v) is 11.6. The zero-order valence-electron chi connectivity index (χ0n) is 11.6. The summed E-state index contributed by atoms with van der Waals surface area (Å²) >= 11 is 0. The second-order valence-electron chi connectivity index (χ2n) is 7.11. The number of H-pyrrole nitrogens is 1. The van der Waals surface area contributed by atoms with Crippen LogP contribution >= 0.6 is 0 Å². The van der Waals surface area contributed by atoms with Crippen LogP contribution in [0.4, 0.5) is 0 Å². The summed E-state index contributed by atoms with van der Waals surface area (Å²) in [5.41, 5.74) is 1.20. The van der Waals surface area contributed by atoms with E-state index < -0.39 is 0 Å². The predicted octanol–water partition coefficient (Wildman–Crippen LogP) is 1.82. The van der Waals surface area contributed by atoms with Gasteiger partial charge in [0.1, 0.15) is 0 Å². The van der Waals surface area contributed by atoms with E-state index in [2.05, 4.69) is 10.4 Å². The van der Waals surface area contributed by atoms with Crippen LogP contribution in [0.5, 0.6) is 0 Å². The fraction of sp³-hybridized carbons (Fsp3) is 0.800. The normalized spacial score (nSPS) is 39.9. The minimum Gasteiger partial charge on any atom is -0.315 e. The fourth-order valence-corrected chi connectivity index (χ4v) is 5.41. The number of hydrogen-bond acceptors (Lipinski definition) is 2. The smallest absolute Gasteiger partial charge is 0.271 e. The van der Waals surface area contributed by atoms with E-state index in [1.165, 1.54) is 38.5 Å². The monoisotopic (exact) mass is 261 g/mol. The minimum atomic E-state index is 0.123. The molecule has 0 amide bonds. The highest BCUT2D eigenvalue weighted by molar-refractivity contribution is 5.11. The lowest BCUT2D eigenvalue weighted by molar-refractivity contribution is -0.0510. The molecule has 0 radical (unpaired) electrons. The quantitative estimate of drug-likeness (QED) is 0.872. The van der Waals surface area contributed by atoms with E-state index in [1.807, 2.05) is 17.9 Å². The van der Waals surface area contributed by atoms with Gasteiger partial charge in [0.25, 0.3) is 5.56 Å². The van der Waals surface area contributed by atoms with Crippen molar-refractivity contribution in [2.75, 3.05) is 7.05 Å². The second-order valence-corrected chi connectivity index (χ2v) is 7.11. The van der Waals surface area contributed by atoms with Crippen molar-refractivity contribution in [1.82, 2.24) is 15.1 Å². The minimum absolute atomic E-state index is 0.123. The molecule has 19 heavy (non-hydrogen) atoms. The summed E-state index contributed by atoms with van der Waals surface area (Å²) in [7, 11) is 1.89. The van der Waals surface area contributed by atoms with Gasteiger partial charge in [-0.15, -0.1) is 0 Å². The third-order valence-electron chi connectivity index (χ3n) is 5.69. The van der Waals surface area contributed by atoms with E-state index in [0.29, 0.717) is 6.54 Å². The van der Waals surface area contributed by atoms with Crippen molar-refractivity contribution in [1.29, 1.82) is 0 Å². The largest absolute Gasteiger partial charge is 0.315 e. The number of aromatic nitrogens is 2. The van der Waals surface area contributed by atoms with Crippen LogP contribution < -0.4 is 10.9 Å². The summed E-state index contributed by atoms with van der Waals surface area (Å²) < 4.78 is 1.99. The number of hydrogen-bond donors (Lipinski definition) is 2. The number of nitrogens with one attached hydrogen (secondary N) is 2. The summed E-state index contributed by atoms with van der Waals surface area (Å²) in [4.78, 5) is 12.6. The van der Waals surface area contributed by atoms with Gasteiger partial charge in [-0.2, -0.15) is 0 Å². The molecule has 5 rings (SSSR count). The highest BCUT2D eigenvalue weighted by Crippen LogP contribution is 2.58. The van der Waals surface area contributed by atoms with E-state index in [0.717, 1.165) is 23.3 Å². The fourth-order valence-electron chi connectivity index (χ4n) is 5.41. The Labute approximate surface area is 113 Å². The van der Waals surface area contributed by atoms with E-state index in [1.54, 1.807) is 0 Å². The molecule has 0 unspecified atom stereocenters. The third-order valence-corrected chi connectivity index (χ3v) is 5.69. The molecule has 2 N–H and O–H groups in total. The molecular formula is C15H23N3O. The molecule has 4 heteroatoms. The van der Waals surface area contributed by atoms with Crippen molar-refractivity contribution in [2.24, 2.45) is 17.8 Å². The molecule has 0 saturated heterocycles. The van der Waals surface area contributed by atoms with E-state index in [4.69, 9.17) is 0 Å². The highest BCUT2D eigenvalue weighted by Gasteiger charge is 2.52. The van der Waals surface area contributed by atoms with Gasteiger partial charge in [0.2, 0.25) is 0 Å². The molecule has 0 spiro atoms. The molecule has 4 aliphatic rings. The van der Waals surface area contributed by atoms with Crippen molar-refractivity contribution in [3.05, 3.63) is 22.1 Å². The lowest BCUT2D eigenvalue weighted by Gasteiger charge is -2.56. The van der Waals surface area contributed by atoms with Gasteiger partial charge in [0.15, 0.2) is 0 Å². The Hall–Kier alpha value is -1.03. The van der Waals surface area contributed by atoms with E-state index >= 15 is 0 Å². The number of aromatic amines is 1. The maximum atomic E-state index is 12.6. The van der Waals surface area contributed by atoms with Crippen LogP contribution in [-0.4, -0.2) is 16.8 Å². The Balaban J connectivity index is 1.74. The Kier molecular flexibility index (Phi) is 2.47. The molecule has 0 aliphatic heterocycles. The van der Waals surface area contributed by atoms with Crippen molar-refractivity contribution < 1.29 is 0 Å². The maximum absolute atomic E-state index is 12.6. The van der Waals surface area contributed by atoms with Gasteiger partial charge in [-0.1, -0.05) is 0 Å². The van der Waals surface area contributed by atoms with Gasteiger partial charge in [-0.05, 0) is 63.3 Å². The average molecular weight is 261 g/mol. The van der Waals surface area contributed by atoms with Gasteiger partial charge >= 0.3 is 0 Å². The Bertz CT molecular complexity index is 507. The first kappa shape index (κ1) is 11.8. The Morgan fingerprint density at radius 1 is 1.26 bits per heavy atom.